The molecule has 1 heterocycles. The molecule has 3 N–H and O–H groups in total. The third-order valence-corrected chi connectivity index (χ3v) is 6.27. The summed E-state index contributed by atoms with van der Waals surface area (Å²) in [7, 11) is -4.05. The molecule has 2 amide bonds. The van der Waals surface area contributed by atoms with Crippen LogP contribution in [0.2, 0.25) is 0 Å². The minimum atomic E-state index is -4.05. The van der Waals surface area contributed by atoms with Crippen molar-refractivity contribution in [2.24, 2.45) is 0 Å². The van der Waals surface area contributed by atoms with E-state index < -0.39 is 27.7 Å². The van der Waals surface area contributed by atoms with Crippen LogP contribution in [0.3, 0.4) is 0 Å². The number of carbonyl (C=O) groups excluding carboxylic acids is 2. The van der Waals surface area contributed by atoms with Gasteiger partial charge in [-0.05, 0) is 83.6 Å². The Morgan fingerprint density at radius 2 is 1.60 bits per heavy atom. The van der Waals surface area contributed by atoms with E-state index >= 15 is 0 Å². The lowest BCUT2D eigenvalue weighted by atomic mass is 10.1. The van der Waals surface area contributed by atoms with Crippen LogP contribution >= 0.6 is 0 Å². The Bertz CT molecular complexity index is 1470. The topological polar surface area (TPSA) is 148 Å². The van der Waals surface area contributed by atoms with Crippen molar-refractivity contribution in [3.8, 4) is 5.69 Å². The highest BCUT2D eigenvalue weighted by molar-refractivity contribution is 7.92. The van der Waals surface area contributed by atoms with E-state index in [0.717, 1.165) is 12.1 Å². The maximum atomic E-state index is 13.1. The Kier molecular flexibility index (Phi) is 6.51. The standard InChI is InChI=1S/C22H18FN7O4S/c1-14-2-11-19(35(33,34)27-17-7-5-16(23)6-8-17)12-20(14)22(32)26-25-21(31)15-3-9-18(10-4-15)30-13-24-28-29-30/h2-13,27H,1H3,(H,25,31)(H,26,32). The average Bonchev–Trinajstić information content (AvgIpc) is 3.39. The molecule has 4 rings (SSSR count). The maximum Gasteiger partial charge on any atom is 0.270 e. The SMILES string of the molecule is Cc1ccc(S(=O)(=O)Nc2ccc(F)cc2)cc1C(=O)NNC(=O)c1ccc(-n2cnnn2)cc1. The number of sulfonamides is 1. The zero-order valence-electron chi connectivity index (χ0n) is 18.1. The van der Waals surface area contributed by atoms with Gasteiger partial charge < -0.3 is 0 Å². The minimum Gasteiger partial charge on any atom is -0.280 e. The monoisotopic (exact) mass is 495 g/mol. The largest absolute Gasteiger partial charge is 0.280 e. The Morgan fingerprint density at radius 3 is 2.26 bits per heavy atom. The second-order valence-corrected chi connectivity index (χ2v) is 8.98. The van der Waals surface area contributed by atoms with Gasteiger partial charge in [0.15, 0.2) is 0 Å². The van der Waals surface area contributed by atoms with E-state index in [0.29, 0.717) is 11.3 Å². The lowest BCUT2D eigenvalue weighted by Gasteiger charge is -2.12. The Balaban J connectivity index is 1.44. The number of aromatic nitrogens is 4. The predicted octanol–water partition coefficient (Wildman–Crippen LogP) is 1.99. The summed E-state index contributed by atoms with van der Waals surface area (Å²) >= 11 is 0. The van der Waals surface area contributed by atoms with Gasteiger partial charge in [0.05, 0.1) is 10.6 Å². The highest BCUT2D eigenvalue weighted by Gasteiger charge is 2.19. The quantitative estimate of drug-likeness (QED) is 0.347. The summed E-state index contributed by atoms with van der Waals surface area (Å²) in [5, 5.41) is 10.8. The van der Waals surface area contributed by atoms with Crippen molar-refractivity contribution in [3.63, 3.8) is 0 Å². The molecule has 4 aromatic rings. The van der Waals surface area contributed by atoms with E-state index in [1.54, 1.807) is 19.1 Å². The van der Waals surface area contributed by atoms with Crippen molar-refractivity contribution < 1.29 is 22.4 Å². The van der Waals surface area contributed by atoms with Crippen molar-refractivity contribution in [1.82, 2.24) is 31.1 Å². The summed E-state index contributed by atoms with van der Waals surface area (Å²) in [6.07, 6.45) is 1.40. The van der Waals surface area contributed by atoms with Crippen LogP contribution in [0.15, 0.2) is 78.0 Å². The van der Waals surface area contributed by atoms with E-state index in [-0.39, 0.29) is 21.7 Å². The zero-order valence-corrected chi connectivity index (χ0v) is 19.0. The minimum absolute atomic E-state index is 0.0429. The molecule has 0 saturated carbocycles. The van der Waals surface area contributed by atoms with Gasteiger partial charge in [-0.2, -0.15) is 0 Å². The van der Waals surface area contributed by atoms with Crippen molar-refractivity contribution in [3.05, 3.63) is 95.6 Å². The highest BCUT2D eigenvalue weighted by atomic mass is 32.2. The molecule has 0 radical (unpaired) electrons. The maximum absolute atomic E-state index is 13.1. The highest BCUT2D eigenvalue weighted by Crippen LogP contribution is 2.19. The number of amides is 2. The molecular formula is C22H18FN7O4S. The summed E-state index contributed by atoms with van der Waals surface area (Å²) in [6.45, 7) is 1.62. The Hall–Kier alpha value is -4.65. The lowest BCUT2D eigenvalue weighted by Crippen LogP contribution is -2.42. The number of hydrazine groups is 1. The number of hydrogen-bond donors (Lipinski definition) is 3. The zero-order chi connectivity index (χ0) is 25.0. The van der Waals surface area contributed by atoms with E-state index in [1.165, 1.54) is 53.5 Å². The van der Waals surface area contributed by atoms with Gasteiger partial charge in [0.2, 0.25) is 0 Å². The number of halogens is 1. The van der Waals surface area contributed by atoms with Gasteiger partial charge in [0, 0.05) is 16.8 Å². The molecule has 0 saturated heterocycles. The van der Waals surface area contributed by atoms with Crippen LogP contribution in [0.25, 0.3) is 5.69 Å². The lowest BCUT2D eigenvalue weighted by molar-refractivity contribution is 0.0846. The molecule has 11 nitrogen and oxygen atoms in total. The summed E-state index contributed by atoms with van der Waals surface area (Å²) in [6, 6.07) is 15.1. The molecule has 0 unspecified atom stereocenters. The third kappa shape index (κ3) is 5.47. The van der Waals surface area contributed by atoms with Gasteiger partial charge >= 0.3 is 0 Å². The summed E-state index contributed by atoms with van der Waals surface area (Å²) < 4.78 is 42.3. The van der Waals surface area contributed by atoms with Crippen LogP contribution in [0.1, 0.15) is 26.3 Å². The number of anilines is 1. The molecule has 35 heavy (non-hydrogen) atoms. The first-order valence-electron chi connectivity index (χ1n) is 10.1. The smallest absolute Gasteiger partial charge is 0.270 e. The number of hydrogen-bond acceptors (Lipinski definition) is 7. The van der Waals surface area contributed by atoms with Crippen molar-refractivity contribution in [2.75, 3.05) is 4.72 Å². The third-order valence-electron chi connectivity index (χ3n) is 4.89. The molecular weight excluding hydrogens is 477 g/mol. The fourth-order valence-corrected chi connectivity index (χ4v) is 4.13. The number of nitrogens with one attached hydrogen (secondary N) is 3. The summed E-state index contributed by atoms with van der Waals surface area (Å²) in [5.41, 5.74) is 6.17. The normalized spacial score (nSPS) is 11.0. The van der Waals surface area contributed by atoms with E-state index in [4.69, 9.17) is 0 Å². The molecule has 0 aliphatic heterocycles. The van der Waals surface area contributed by atoms with Crippen molar-refractivity contribution >= 4 is 27.5 Å². The fourth-order valence-electron chi connectivity index (χ4n) is 3.04. The molecule has 0 aliphatic rings. The van der Waals surface area contributed by atoms with Crippen LogP contribution in [0.5, 0.6) is 0 Å². The van der Waals surface area contributed by atoms with Crippen LogP contribution in [-0.4, -0.2) is 40.4 Å². The Morgan fingerprint density at radius 1 is 0.914 bits per heavy atom. The van der Waals surface area contributed by atoms with Gasteiger partial charge in [-0.1, -0.05) is 6.07 Å². The molecule has 0 atom stereocenters. The summed E-state index contributed by atoms with van der Waals surface area (Å²) in [5.74, 6) is -1.80. The van der Waals surface area contributed by atoms with Gasteiger partial charge in [0.25, 0.3) is 21.8 Å². The average molecular weight is 495 g/mol. The molecule has 0 fully saturated rings. The van der Waals surface area contributed by atoms with Crippen molar-refractivity contribution in [1.29, 1.82) is 0 Å². The molecule has 13 heteroatoms. The molecule has 1 aromatic heterocycles. The predicted molar refractivity (Wildman–Crippen MR) is 122 cm³/mol. The molecule has 3 aromatic carbocycles. The number of tetrazole rings is 1. The van der Waals surface area contributed by atoms with E-state index in [9.17, 15) is 22.4 Å². The van der Waals surface area contributed by atoms with Gasteiger partial charge in [-0.15, -0.1) is 5.10 Å². The molecule has 0 bridgehead atoms. The first-order chi connectivity index (χ1) is 16.7. The molecule has 178 valence electrons. The number of benzene rings is 3. The second kappa shape index (κ2) is 9.69. The van der Waals surface area contributed by atoms with Crippen LogP contribution in [0, 0.1) is 12.7 Å². The number of rotatable bonds is 6. The number of aryl methyl sites for hydroxylation is 1. The van der Waals surface area contributed by atoms with Crippen LogP contribution in [0.4, 0.5) is 10.1 Å². The summed E-state index contributed by atoms with van der Waals surface area (Å²) in [4.78, 5) is 24.9. The van der Waals surface area contributed by atoms with Crippen LogP contribution < -0.4 is 15.6 Å². The van der Waals surface area contributed by atoms with E-state index in [2.05, 4.69) is 31.1 Å². The first kappa shape index (κ1) is 23.5. The van der Waals surface area contributed by atoms with Gasteiger partial charge in [-0.3, -0.25) is 25.2 Å². The Labute approximate surface area is 199 Å². The first-order valence-corrected chi connectivity index (χ1v) is 11.5. The number of nitrogens with zero attached hydrogens (tertiary/aromatic N) is 4. The second-order valence-electron chi connectivity index (χ2n) is 7.30. The molecule has 0 aliphatic carbocycles. The van der Waals surface area contributed by atoms with E-state index in [1.807, 2.05) is 0 Å². The van der Waals surface area contributed by atoms with Crippen molar-refractivity contribution in [2.45, 2.75) is 11.8 Å². The number of carbonyl (C=O) groups is 2. The van der Waals surface area contributed by atoms with Crippen LogP contribution in [-0.2, 0) is 10.0 Å². The molecule has 0 spiro atoms. The fraction of sp³-hybridized carbons (Fsp3) is 0.0455. The van der Waals surface area contributed by atoms with Gasteiger partial charge in [0.1, 0.15) is 12.1 Å². The van der Waals surface area contributed by atoms with Gasteiger partial charge in [-0.25, -0.2) is 17.5 Å².